The highest BCUT2D eigenvalue weighted by Crippen LogP contribution is 2.72. The summed E-state index contributed by atoms with van der Waals surface area (Å²) in [5, 5.41) is 0. The van der Waals surface area contributed by atoms with E-state index in [1.54, 1.807) is 0 Å². The number of nitrogens with zero attached hydrogens (tertiary/aromatic N) is 2. The first-order valence-electron chi connectivity index (χ1n) is 10.1. The maximum absolute atomic E-state index is 13.1. The van der Waals surface area contributed by atoms with Gasteiger partial charge in [-0.2, -0.15) is 0 Å². The Morgan fingerprint density at radius 2 is 1.60 bits per heavy atom. The van der Waals surface area contributed by atoms with Gasteiger partial charge in [0.2, 0.25) is 0 Å². The van der Waals surface area contributed by atoms with Crippen LogP contribution in [0.4, 0.5) is 0 Å². The summed E-state index contributed by atoms with van der Waals surface area (Å²) in [6, 6.07) is 29.0. The molecule has 1 aromatic heterocycles. The molecule has 2 aliphatic rings. The van der Waals surface area contributed by atoms with E-state index in [-0.39, 0.29) is 11.9 Å². The molecule has 2 bridgehead atoms. The van der Waals surface area contributed by atoms with Crippen LogP contribution in [-0.4, -0.2) is 22.6 Å². The zero-order valence-corrected chi connectivity index (χ0v) is 17.3. The number of aromatic nitrogens is 2. The van der Waals surface area contributed by atoms with Crippen molar-refractivity contribution in [3.8, 4) is 0 Å². The number of esters is 1. The number of para-hydroxylation sites is 2. The van der Waals surface area contributed by atoms with Gasteiger partial charge in [0.05, 0.1) is 24.1 Å². The van der Waals surface area contributed by atoms with E-state index in [1.165, 1.54) is 12.7 Å². The van der Waals surface area contributed by atoms with Crippen molar-refractivity contribution in [3.63, 3.8) is 0 Å². The standard InChI is InChI=1S/C25H20N2O2S/c1-29-22(28)19-16-24(17-10-4-2-5-11-17)27-21-15-9-8-14-20(21)26-23(27)25(19,30-24)18-12-6-3-7-13-18/h2-15,19H,16H2,1H3/t19-,24+,25+/m0/s1. The number of carbonyl (C=O) groups excluding carboxylic acids is 1. The van der Waals surface area contributed by atoms with Crippen LogP contribution in [0.25, 0.3) is 11.0 Å². The van der Waals surface area contributed by atoms with Gasteiger partial charge in [-0.25, -0.2) is 4.98 Å². The van der Waals surface area contributed by atoms with E-state index < -0.39 is 9.62 Å². The fourth-order valence-electron chi connectivity index (χ4n) is 5.25. The monoisotopic (exact) mass is 412 g/mol. The van der Waals surface area contributed by atoms with E-state index in [2.05, 4.69) is 59.2 Å². The number of hydrogen-bond donors (Lipinski definition) is 0. The van der Waals surface area contributed by atoms with E-state index in [4.69, 9.17) is 9.72 Å². The van der Waals surface area contributed by atoms with Gasteiger partial charge in [-0.1, -0.05) is 72.8 Å². The van der Waals surface area contributed by atoms with Gasteiger partial charge in [0.1, 0.15) is 15.4 Å². The Morgan fingerprint density at radius 1 is 0.967 bits per heavy atom. The number of benzene rings is 3. The molecule has 5 heteroatoms. The number of thioether (sulfide) groups is 1. The lowest BCUT2D eigenvalue weighted by Gasteiger charge is -2.34. The first kappa shape index (κ1) is 17.8. The molecular formula is C25H20N2O2S. The quantitative estimate of drug-likeness (QED) is 0.448. The van der Waals surface area contributed by atoms with Crippen molar-refractivity contribution >= 4 is 28.8 Å². The molecule has 0 N–H and O–H groups in total. The van der Waals surface area contributed by atoms with Crippen LogP contribution in [0.15, 0.2) is 84.9 Å². The Balaban J connectivity index is 1.74. The van der Waals surface area contributed by atoms with Crippen LogP contribution in [0, 0.1) is 5.92 Å². The third-order valence-electron chi connectivity index (χ3n) is 6.47. The molecule has 1 fully saturated rings. The zero-order valence-electron chi connectivity index (χ0n) is 16.5. The topological polar surface area (TPSA) is 44.1 Å². The molecule has 3 aromatic carbocycles. The van der Waals surface area contributed by atoms with E-state index in [1.807, 2.05) is 42.1 Å². The lowest BCUT2D eigenvalue weighted by molar-refractivity contribution is -0.147. The minimum absolute atomic E-state index is 0.178. The Morgan fingerprint density at radius 3 is 2.30 bits per heavy atom. The van der Waals surface area contributed by atoms with Gasteiger partial charge in [-0.05, 0) is 23.3 Å². The van der Waals surface area contributed by atoms with Crippen LogP contribution in [0.5, 0.6) is 0 Å². The number of imidazole rings is 1. The van der Waals surface area contributed by atoms with Gasteiger partial charge < -0.3 is 9.30 Å². The van der Waals surface area contributed by atoms with Crippen LogP contribution < -0.4 is 0 Å². The van der Waals surface area contributed by atoms with E-state index >= 15 is 0 Å². The van der Waals surface area contributed by atoms with E-state index in [9.17, 15) is 4.79 Å². The second-order valence-corrected chi connectivity index (χ2v) is 9.42. The second kappa shape index (κ2) is 6.22. The number of ether oxygens (including phenoxy) is 1. The summed E-state index contributed by atoms with van der Waals surface area (Å²) >= 11 is 1.83. The lowest BCUT2D eigenvalue weighted by atomic mass is 9.77. The molecule has 6 rings (SSSR count). The maximum atomic E-state index is 13.1. The molecule has 2 aliphatic heterocycles. The molecule has 148 valence electrons. The highest BCUT2D eigenvalue weighted by atomic mass is 32.2. The fourth-order valence-corrected chi connectivity index (χ4v) is 7.37. The number of rotatable bonds is 3. The molecule has 0 unspecified atom stereocenters. The minimum Gasteiger partial charge on any atom is -0.469 e. The van der Waals surface area contributed by atoms with Crippen LogP contribution in [0.3, 0.4) is 0 Å². The van der Waals surface area contributed by atoms with Crippen molar-refractivity contribution in [2.75, 3.05) is 7.11 Å². The van der Waals surface area contributed by atoms with E-state index in [0.29, 0.717) is 6.42 Å². The predicted octanol–water partition coefficient (Wildman–Crippen LogP) is 4.92. The Labute approximate surface area is 178 Å². The summed E-state index contributed by atoms with van der Waals surface area (Å²) in [5.74, 6) is 0.437. The predicted molar refractivity (Wildman–Crippen MR) is 118 cm³/mol. The van der Waals surface area contributed by atoms with Crippen LogP contribution in [0.2, 0.25) is 0 Å². The number of methoxy groups -OCH3 is 1. The van der Waals surface area contributed by atoms with Gasteiger partial charge in [0.15, 0.2) is 0 Å². The first-order chi connectivity index (χ1) is 14.7. The molecule has 1 saturated heterocycles. The summed E-state index contributed by atoms with van der Waals surface area (Å²) in [5.41, 5.74) is 4.34. The molecule has 4 aromatic rings. The van der Waals surface area contributed by atoms with Gasteiger partial charge in [0, 0.05) is 6.42 Å². The highest BCUT2D eigenvalue weighted by Gasteiger charge is 2.69. The van der Waals surface area contributed by atoms with Gasteiger partial charge in [-0.3, -0.25) is 4.79 Å². The van der Waals surface area contributed by atoms with Crippen molar-refractivity contribution in [3.05, 3.63) is 102 Å². The Hall–Kier alpha value is -3.05. The summed E-state index contributed by atoms with van der Waals surface area (Å²) in [6.07, 6.45) is 0.663. The first-order valence-corrected chi connectivity index (χ1v) is 10.9. The molecule has 30 heavy (non-hydrogen) atoms. The summed E-state index contributed by atoms with van der Waals surface area (Å²) in [7, 11) is 1.48. The maximum Gasteiger partial charge on any atom is 0.311 e. The summed E-state index contributed by atoms with van der Waals surface area (Å²) in [6.45, 7) is 0. The fraction of sp³-hybridized carbons (Fsp3) is 0.200. The number of hydrogen-bond acceptors (Lipinski definition) is 4. The largest absolute Gasteiger partial charge is 0.469 e. The molecule has 0 saturated carbocycles. The Kier molecular flexibility index (Phi) is 3.69. The summed E-state index contributed by atoms with van der Waals surface area (Å²) in [4.78, 5) is 17.8. The average Bonchev–Trinajstić information content (AvgIpc) is 3.46. The second-order valence-electron chi connectivity index (χ2n) is 7.89. The summed E-state index contributed by atoms with van der Waals surface area (Å²) < 4.78 is 7.09. The molecule has 3 atom stereocenters. The van der Waals surface area contributed by atoms with Gasteiger partial charge in [-0.15, -0.1) is 11.8 Å². The van der Waals surface area contributed by atoms with Crippen molar-refractivity contribution in [2.45, 2.75) is 16.0 Å². The highest BCUT2D eigenvalue weighted by molar-refractivity contribution is 8.02. The van der Waals surface area contributed by atoms with Crippen molar-refractivity contribution in [1.29, 1.82) is 0 Å². The normalized spacial score (nSPS) is 26.6. The van der Waals surface area contributed by atoms with Crippen LogP contribution in [-0.2, 0) is 19.1 Å². The third-order valence-corrected chi connectivity index (χ3v) is 8.42. The Bertz CT molecular complexity index is 1270. The molecule has 4 nitrogen and oxygen atoms in total. The molecule has 0 amide bonds. The van der Waals surface area contributed by atoms with Gasteiger partial charge in [0.25, 0.3) is 0 Å². The third kappa shape index (κ3) is 2.08. The van der Waals surface area contributed by atoms with Crippen LogP contribution >= 0.6 is 11.8 Å². The SMILES string of the molecule is COC(=O)[C@@H]1C[C@]2(c3ccccc3)S[C@@]1(c1ccccc1)c1nc3ccccc3n12. The lowest BCUT2D eigenvalue weighted by Crippen LogP contribution is -2.41. The van der Waals surface area contributed by atoms with Crippen LogP contribution in [0.1, 0.15) is 23.4 Å². The number of fused-ring (bicyclic) bond motifs is 7. The van der Waals surface area contributed by atoms with Crippen molar-refractivity contribution in [1.82, 2.24) is 9.55 Å². The molecule has 0 radical (unpaired) electrons. The molecular weight excluding hydrogens is 392 g/mol. The molecule has 0 aliphatic carbocycles. The zero-order chi connectivity index (χ0) is 20.3. The minimum atomic E-state index is -0.594. The van der Waals surface area contributed by atoms with E-state index in [0.717, 1.165) is 22.4 Å². The smallest absolute Gasteiger partial charge is 0.311 e. The number of carbonyl (C=O) groups is 1. The molecule has 3 heterocycles. The van der Waals surface area contributed by atoms with Crippen molar-refractivity contribution in [2.24, 2.45) is 5.92 Å². The van der Waals surface area contributed by atoms with Gasteiger partial charge >= 0.3 is 5.97 Å². The average molecular weight is 413 g/mol. The van der Waals surface area contributed by atoms with Crippen molar-refractivity contribution < 1.29 is 9.53 Å². The molecule has 0 spiro atoms.